The lowest BCUT2D eigenvalue weighted by Crippen LogP contribution is -2.24. The van der Waals surface area contributed by atoms with Gasteiger partial charge in [0.05, 0.1) is 0 Å². The van der Waals surface area contributed by atoms with Crippen molar-refractivity contribution in [2.24, 2.45) is 0 Å². The van der Waals surface area contributed by atoms with E-state index < -0.39 is 0 Å². The monoisotopic (exact) mass is 199 g/mol. The van der Waals surface area contributed by atoms with Gasteiger partial charge in [0.1, 0.15) is 0 Å². The summed E-state index contributed by atoms with van der Waals surface area (Å²) in [5, 5.41) is 0. The average Bonchev–Trinajstić information content (AvgIpc) is 2.21. The molecule has 0 amide bonds. The molecule has 0 unspecified atom stereocenters. The number of piperidine rings is 1. The predicted molar refractivity (Wildman–Crippen MR) is 65.8 cm³/mol. The topological polar surface area (TPSA) is 3.24 Å². The Morgan fingerprint density at radius 3 is 1.57 bits per heavy atom. The maximum atomic E-state index is 2.39. The fourth-order valence-electron chi connectivity index (χ4n) is 1.73. The van der Waals surface area contributed by atoms with E-state index in [9.17, 15) is 0 Å². The number of hydrogen-bond acceptors (Lipinski definition) is 1. The van der Waals surface area contributed by atoms with Crippen molar-refractivity contribution >= 4 is 0 Å². The van der Waals surface area contributed by atoms with Crippen LogP contribution in [0.5, 0.6) is 0 Å². The molecule has 14 heavy (non-hydrogen) atoms. The number of likely N-dealkylation sites (tertiary alicyclic amines) is 1. The summed E-state index contributed by atoms with van der Waals surface area (Å²) < 4.78 is 0. The number of hydrogen-bond donors (Lipinski definition) is 0. The first kappa shape index (κ1) is 14.0. The van der Waals surface area contributed by atoms with Crippen LogP contribution in [0.25, 0.3) is 0 Å². The van der Waals surface area contributed by atoms with Gasteiger partial charge >= 0.3 is 0 Å². The van der Waals surface area contributed by atoms with Gasteiger partial charge in [-0.25, -0.2) is 0 Å². The highest BCUT2D eigenvalue weighted by Crippen LogP contribution is 2.04. The molecule has 0 aliphatic carbocycles. The Balaban J connectivity index is 0.000000241. The second-order valence-electron chi connectivity index (χ2n) is 4.42. The molecule has 0 saturated carbocycles. The molecule has 1 nitrogen and oxygen atoms in total. The molecule has 1 heterocycles. The summed E-state index contributed by atoms with van der Waals surface area (Å²) in [5.41, 5.74) is 0. The van der Waals surface area contributed by atoms with Crippen LogP contribution in [0.4, 0.5) is 0 Å². The summed E-state index contributed by atoms with van der Waals surface area (Å²) in [6.45, 7) is 7.13. The van der Waals surface area contributed by atoms with Crippen LogP contribution in [-0.2, 0) is 0 Å². The summed E-state index contributed by atoms with van der Waals surface area (Å²) in [4.78, 5) is 2.39. The Bertz CT molecular complexity index is 91.4. The molecule has 0 aromatic heterocycles. The molecule has 1 aliphatic rings. The van der Waals surface area contributed by atoms with Crippen LogP contribution in [0.2, 0.25) is 0 Å². The van der Waals surface area contributed by atoms with Crippen molar-refractivity contribution in [1.29, 1.82) is 0 Å². The number of unbranched alkanes of at least 4 members (excludes halogenated alkanes) is 4. The molecule has 0 bridgehead atoms. The molecule has 1 heteroatoms. The van der Waals surface area contributed by atoms with Gasteiger partial charge in [-0.3, -0.25) is 0 Å². The van der Waals surface area contributed by atoms with Gasteiger partial charge in [-0.05, 0) is 33.0 Å². The lowest BCUT2D eigenvalue weighted by atomic mass is 10.1. The van der Waals surface area contributed by atoms with E-state index in [1.807, 2.05) is 0 Å². The van der Waals surface area contributed by atoms with E-state index in [2.05, 4.69) is 25.8 Å². The highest BCUT2D eigenvalue weighted by molar-refractivity contribution is 4.58. The highest BCUT2D eigenvalue weighted by atomic mass is 15.1. The molecule has 0 spiro atoms. The summed E-state index contributed by atoms with van der Waals surface area (Å²) in [5.74, 6) is 0. The van der Waals surface area contributed by atoms with Gasteiger partial charge in [0, 0.05) is 0 Å². The van der Waals surface area contributed by atoms with Gasteiger partial charge in [-0.1, -0.05) is 52.4 Å². The molecular weight excluding hydrogens is 170 g/mol. The van der Waals surface area contributed by atoms with E-state index in [-0.39, 0.29) is 0 Å². The zero-order valence-electron chi connectivity index (χ0n) is 10.5. The van der Waals surface area contributed by atoms with Crippen molar-refractivity contribution in [3.05, 3.63) is 0 Å². The van der Waals surface area contributed by atoms with Crippen LogP contribution in [0, 0.1) is 0 Å². The third kappa shape index (κ3) is 10.0. The maximum Gasteiger partial charge on any atom is -0.00218 e. The van der Waals surface area contributed by atoms with Crippen molar-refractivity contribution in [1.82, 2.24) is 4.90 Å². The number of nitrogens with zero attached hydrogens (tertiary/aromatic N) is 1. The van der Waals surface area contributed by atoms with E-state index in [1.54, 1.807) is 0 Å². The summed E-state index contributed by atoms with van der Waals surface area (Å²) >= 11 is 0. The van der Waals surface area contributed by atoms with Crippen LogP contribution >= 0.6 is 0 Å². The van der Waals surface area contributed by atoms with Gasteiger partial charge in [0.15, 0.2) is 0 Å². The lowest BCUT2D eigenvalue weighted by molar-refractivity contribution is 0.277. The maximum absolute atomic E-state index is 2.39. The first-order chi connectivity index (χ1) is 6.81. The summed E-state index contributed by atoms with van der Waals surface area (Å²) in [6.07, 6.45) is 11.3. The first-order valence-corrected chi connectivity index (χ1v) is 6.49. The average molecular weight is 199 g/mol. The van der Waals surface area contributed by atoms with Gasteiger partial charge in [0.2, 0.25) is 0 Å². The van der Waals surface area contributed by atoms with Crippen LogP contribution in [0.3, 0.4) is 0 Å². The molecule has 0 aromatic carbocycles. The van der Waals surface area contributed by atoms with Crippen molar-refractivity contribution in [3.8, 4) is 0 Å². The lowest BCUT2D eigenvalue weighted by Gasteiger charge is -2.20. The Labute approximate surface area is 90.9 Å². The number of rotatable bonds is 4. The zero-order chi connectivity index (χ0) is 10.6. The molecule has 0 N–H and O–H groups in total. The molecule has 1 saturated heterocycles. The molecule has 86 valence electrons. The molecule has 0 aromatic rings. The minimum Gasteiger partial charge on any atom is -0.306 e. The highest BCUT2D eigenvalue weighted by Gasteiger charge is 2.02. The van der Waals surface area contributed by atoms with Crippen molar-refractivity contribution < 1.29 is 0 Å². The zero-order valence-corrected chi connectivity index (χ0v) is 10.5. The molecule has 0 radical (unpaired) electrons. The Morgan fingerprint density at radius 1 is 0.786 bits per heavy atom. The predicted octanol–water partition coefficient (Wildman–Crippen LogP) is 4.08. The van der Waals surface area contributed by atoms with E-state index in [1.165, 1.54) is 64.5 Å². The molecular formula is C13H29N. The summed E-state index contributed by atoms with van der Waals surface area (Å²) in [7, 11) is 2.19. The molecule has 1 aliphatic heterocycles. The largest absolute Gasteiger partial charge is 0.306 e. The first-order valence-electron chi connectivity index (χ1n) is 6.49. The summed E-state index contributed by atoms with van der Waals surface area (Å²) in [6, 6.07) is 0. The van der Waals surface area contributed by atoms with Gasteiger partial charge in [-0.15, -0.1) is 0 Å². The minimum atomic E-state index is 1.32. The van der Waals surface area contributed by atoms with Crippen molar-refractivity contribution in [2.75, 3.05) is 20.1 Å². The standard InChI is InChI=1S/C7H16.C6H13N/c1-3-5-7-6-4-2;1-7-5-3-2-4-6-7/h3-7H2,1-2H3;2-6H2,1H3. The third-order valence-corrected chi connectivity index (χ3v) is 2.79. The molecule has 1 rings (SSSR count). The van der Waals surface area contributed by atoms with Gasteiger partial charge in [0.25, 0.3) is 0 Å². The Morgan fingerprint density at radius 2 is 1.29 bits per heavy atom. The quantitative estimate of drug-likeness (QED) is 0.617. The SMILES string of the molecule is CCCCCCC.CN1CCCCC1. The van der Waals surface area contributed by atoms with Crippen molar-refractivity contribution in [3.63, 3.8) is 0 Å². The Kier molecular flexibility index (Phi) is 11.0. The van der Waals surface area contributed by atoms with E-state index >= 15 is 0 Å². The smallest absolute Gasteiger partial charge is 0.00218 e. The van der Waals surface area contributed by atoms with Crippen molar-refractivity contribution in [2.45, 2.75) is 65.2 Å². The molecule has 1 fully saturated rings. The van der Waals surface area contributed by atoms with Crippen LogP contribution < -0.4 is 0 Å². The fourth-order valence-corrected chi connectivity index (χ4v) is 1.73. The third-order valence-electron chi connectivity index (χ3n) is 2.79. The van der Waals surface area contributed by atoms with Crippen LogP contribution in [-0.4, -0.2) is 25.0 Å². The molecule has 0 atom stereocenters. The second kappa shape index (κ2) is 11.0. The second-order valence-corrected chi connectivity index (χ2v) is 4.42. The van der Waals surface area contributed by atoms with E-state index in [4.69, 9.17) is 0 Å². The van der Waals surface area contributed by atoms with Crippen LogP contribution in [0.15, 0.2) is 0 Å². The normalized spacial score (nSPS) is 17.4. The van der Waals surface area contributed by atoms with Gasteiger partial charge in [-0.2, -0.15) is 0 Å². The van der Waals surface area contributed by atoms with E-state index in [0.29, 0.717) is 0 Å². The van der Waals surface area contributed by atoms with Gasteiger partial charge < -0.3 is 4.90 Å². The fraction of sp³-hybridized carbons (Fsp3) is 1.00. The minimum absolute atomic E-state index is 1.32. The van der Waals surface area contributed by atoms with Crippen LogP contribution in [0.1, 0.15) is 65.2 Å². The van der Waals surface area contributed by atoms with E-state index in [0.717, 1.165) is 0 Å². The Hall–Kier alpha value is -0.0400.